The van der Waals surface area contributed by atoms with Gasteiger partial charge in [-0.1, -0.05) is 13.3 Å². The highest BCUT2D eigenvalue weighted by Crippen LogP contribution is 2.17. The lowest BCUT2D eigenvalue weighted by Gasteiger charge is -2.32. The Morgan fingerprint density at radius 2 is 1.84 bits per heavy atom. The summed E-state index contributed by atoms with van der Waals surface area (Å²) in [5, 5.41) is 1.96. The average molecular weight is 280 g/mol. The van der Waals surface area contributed by atoms with Crippen LogP contribution in [-0.4, -0.2) is 42.0 Å². The topological polar surface area (TPSA) is 49.4 Å². The molecule has 1 fully saturated rings. The molecule has 1 saturated heterocycles. The fourth-order valence-corrected chi connectivity index (χ4v) is 2.03. The Morgan fingerprint density at radius 1 is 1.26 bits per heavy atom. The Hall–Kier alpha value is -1.27. The molecule has 0 aliphatic carbocycles. The lowest BCUT2D eigenvalue weighted by atomic mass is 10.0. The van der Waals surface area contributed by atoms with Gasteiger partial charge < -0.3 is 10.2 Å². The van der Waals surface area contributed by atoms with Gasteiger partial charge in [-0.05, 0) is 19.3 Å². The number of nitrogens with one attached hydrogen (secondary N) is 1. The molecule has 1 heterocycles. The number of alkyl halides is 3. The maximum Gasteiger partial charge on any atom is 0.471 e. The fourth-order valence-electron chi connectivity index (χ4n) is 2.03. The number of likely N-dealkylation sites (tertiary alicyclic amines) is 1. The molecular formula is C12H19F3N2O2. The molecule has 19 heavy (non-hydrogen) atoms. The SMILES string of the molecule is CCCCC(=O)N1CCC(NC(=O)C(F)(F)F)CC1. The van der Waals surface area contributed by atoms with Gasteiger partial charge in [0, 0.05) is 25.6 Å². The van der Waals surface area contributed by atoms with Gasteiger partial charge >= 0.3 is 12.1 Å². The van der Waals surface area contributed by atoms with Crippen molar-refractivity contribution in [3.05, 3.63) is 0 Å². The Morgan fingerprint density at radius 3 is 2.32 bits per heavy atom. The number of carbonyl (C=O) groups is 2. The molecule has 7 heteroatoms. The van der Waals surface area contributed by atoms with Gasteiger partial charge in [0.25, 0.3) is 0 Å². The summed E-state index contributed by atoms with van der Waals surface area (Å²) in [7, 11) is 0. The standard InChI is InChI=1S/C12H19F3N2O2/c1-2-3-4-10(18)17-7-5-9(6-8-17)16-11(19)12(13,14)15/h9H,2-8H2,1H3,(H,16,19). The van der Waals surface area contributed by atoms with Crippen LogP contribution in [0.4, 0.5) is 13.2 Å². The van der Waals surface area contributed by atoms with Gasteiger partial charge in [-0.2, -0.15) is 13.2 Å². The zero-order valence-electron chi connectivity index (χ0n) is 10.9. The van der Waals surface area contributed by atoms with E-state index in [0.29, 0.717) is 32.4 Å². The minimum Gasteiger partial charge on any atom is -0.345 e. The number of nitrogens with zero attached hydrogens (tertiary/aromatic N) is 1. The molecule has 1 N–H and O–H groups in total. The van der Waals surface area contributed by atoms with Crippen LogP contribution in [0.5, 0.6) is 0 Å². The predicted molar refractivity (Wildman–Crippen MR) is 63.3 cm³/mol. The number of halogens is 3. The number of hydrogen-bond acceptors (Lipinski definition) is 2. The van der Waals surface area contributed by atoms with E-state index in [2.05, 4.69) is 0 Å². The smallest absolute Gasteiger partial charge is 0.345 e. The second-order valence-electron chi connectivity index (χ2n) is 4.73. The zero-order valence-corrected chi connectivity index (χ0v) is 10.9. The number of carbonyl (C=O) groups excluding carboxylic acids is 2. The summed E-state index contributed by atoms with van der Waals surface area (Å²) < 4.78 is 36.2. The Bertz CT molecular complexity index is 323. The minimum absolute atomic E-state index is 0.0439. The van der Waals surface area contributed by atoms with Gasteiger partial charge in [0.1, 0.15) is 0 Å². The van der Waals surface area contributed by atoms with E-state index >= 15 is 0 Å². The van der Waals surface area contributed by atoms with E-state index in [1.54, 1.807) is 4.90 Å². The van der Waals surface area contributed by atoms with E-state index in [1.165, 1.54) is 0 Å². The van der Waals surface area contributed by atoms with Crippen molar-refractivity contribution < 1.29 is 22.8 Å². The molecule has 0 unspecified atom stereocenters. The molecule has 110 valence electrons. The summed E-state index contributed by atoms with van der Waals surface area (Å²) in [5.41, 5.74) is 0. The number of piperidine rings is 1. The van der Waals surface area contributed by atoms with Crippen LogP contribution in [0.3, 0.4) is 0 Å². The van der Waals surface area contributed by atoms with Crippen LogP contribution in [0.15, 0.2) is 0 Å². The Labute approximate surface area is 110 Å². The maximum atomic E-state index is 12.1. The number of rotatable bonds is 4. The lowest BCUT2D eigenvalue weighted by molar-refractivity contribution is -0.174. The van der Waals surface area contributed by atoms with Crippen LogP contribution in [0.1, 0.15) is 39.0 Å². The van der Waals surface area contributed by atoms with E-state index < -0.39 is 18.1 Å². The van der Waals surface area contributed by atoms with Crippen molar-refractivity contribution in [1.82, 2.24) is 10.2 Å². The first-order valence-electron chi connectivity index (χ1n) is 6.50. The summed E-state index contributed by atoms with van der Waals surface area (Å²) in [6.45, 7) is 2.81. The molecule has 0 aromatic heterocycles. The first-order valence-corrected chi connectivity index (χ1v) is 6.50. The average Bonchev–Trinajstić information content (AvgIpc) is 2.35. The quantitative estimate of drug-likeness (QED) is 0.854. The molecule has 0 bridgehead atoms. The van der Waals surface area contributed by atoms with Crippen molar-refractivity contribution in [2.45, 2.75) is 51.2 Å². The van der Waals surface area contributed by atoms with E-state index in [9.17, 15) is 22.8 Å². The molecule has 0 aromatic rings. The third kappa shape index (κ3) is 5.08. The summed E-state index contributed by atoms with van der Waals surface area (Å²) in [4.78, 5) is 24.1. The molecule has 0 atom stereocenters. The molecule has 0 aromatic carbocycles. The van der Waals surface area contributed by atoms with Crippen LogP contribution in [0.2, 0.25) is 0 Å². The van der Waals surface area contributed by atoms with Gasteiger partial charge in [-0.25, -0.2) is 0 Å². The van der Waals surface area contributed by atoms with Gasteiger partial charge in [0.15, 0.2) is 0 Å². The third-order valence-electron chi connectivity index (χ3n) is 3.18. The maximum absolute atomic E-state index is 12.1. The Kier molecular flexibility index (Phi) is 5.62. The van der Waals surface area contributed by atoms with Gasteiger partial charge in [0.05, 0.1) is 0 Å². The first kappa shape index (κ1) is 15.8. The summed E-state index contributed by atoms with van der Waals surface area (Å²) in [6, 6.07) is -0.496. The van der Waals surface area contributed by atoms with E-state index in [0.717, 1.165) is 12.8 Å². The number of amides is 2. The van der Waals surface area contributed by atoms with E-state index in [-0.39, 0.29) is 5.91 Å². The number of hydrogen-bond donors (Lipinski definition) is 1. The molecule has 1 aliphatic rings. The van der Waals surface area contributed by atoms with Gasteiger partial charge in [-0.3, -0.25) is 9.59 Å². The third-order valence-corrected chi connectivity index (χ3v) is 3.18. The second kappa shape index (κ2) is 6.77. The highest BCUT2D eigenvalue weighted by molar-refractivity contribution is 5.82. The van der Waals surface area contributed by atoms with Crippen molar-refractivity contribution in [1.29, 1.82) is 0 Å². The van der Waals surface area contributed by atoms with Gasteiger partial charge in [0.2, 0.25) is 5.91 Å². The van der Waals surface area contributed by atoms with Crippen molar-refractivity contribution in [3.8, 4) is 0 Å². The Balaban J connectivity index is 2.33. The normalized spacial score (nSPS) is 17.4. The van der Waals surface area contributed by atoms with Crippen molar-refractivity contribution in [2.24, 2.45) is 0 Å². The predicted octanol–water partition coefficient (Wildman–Crippen LogP) is 1.85. The largest absolute Gasteiger partial charge is 0.471 e. The van der Waals surface area contributed by atoms with Crippen LogP contribution < -0.4 is 5.32 Å². The monoisotopic (exact) mass is 280 g/mol. The molecule has 2 amide bonds. The first-order chi connectivity index (χ1) is 8.84. The van der Waals surface area contributed by atoms with Crippen molar-refractivity contribution >= 4 is 11.8 Å². The van der Waals surface area contributed by atoms with E-state index in [1.807, 2.05) is 12.2 Å². The summed E-state index contributed by atoms with van der Waals surface area (Å²) in [6.07, 6.45) is -1.85. The highest BCUT2D eigenvalue weighted by atomic mass is 19.4. The molecular weight excluding hydrogens is 261 g/mol. The molecule has 0 spiro atoms. The minimum atomic E-state index is -4.84. The van der Waals surface area contributed by atoms with Crippen LogP contribution >= 0.6 is 0 Å². The van der Waals surface area contributed by atoms with Crippen LogP contribution in [-0.2, 0) is 9.59 Å². The number of unbranched alkanes of at least 4 members (excludes halogenated alkanes) is 1. The molecule has 0 saturated carbocycles. The van der Waals surface area contributed by atoms with Crippen LogP contribution in [0.25, 0.3) is 0 Å². The highest BCUT2D eigenvalue weighted by Gasteiger charge is 2.40. The van der Waals surface area contributed by atoms with Crippen molar-refractivity contribution in [3.63, 3.8) is 0 Å². The second-order valence-corrected chi connectivity index (χ2v) is 4.73. The summed E-state index contributed by atoms with van der Waals surface area (Å²) >= 11 is 0. The fraction of sp³-hybridized carbons (Fsp3) is 0.833. The zero-order chi connectivity index (χ0) is 14.5. The molecule has 1 rings (SSSR count). The lowest BCUT2D eigenvalue weighted by Crippen LogP contribution is -2.49. The molecule has 4 nitrogen and oxygen atoms in total. The summed E-state index contributed by atoms with van der Waals surface area (Å²) in [5.74, 6) is -1.86. The van der Waals surface area contributed by atoms with Crippen molar-refractivity contribution in [2.75, 3.05) is 13.1 Å². The van der Waals surface area contributed by atoms with Gasteiger partial charge in [-0.15, -0.1) is 0 Å². The molecule has 1 aliphatic heterocycles. The molecule has 0 radical (unpaired) electrons. The van der Waals surface area contributed by atoms with E-state index in [4.69, 9.17) is 0 Å². The van der Waals surface area contributed by atoms with Crippen LogP contribution in [0, 0.1) is 0 Å².